The summed E-state index contributed by atoms with van der Waals surface area (Å²) in [7, 11) is 0. The molecule has 0 bridgehead atoms. The summed E-state index contributed by atoms with van der Waals surface area (Å²) in [5.74, 6) is 0.998. The van der Waals surface area contributed by atoms with Gasteiger partial charge in [0.15, 0.2) is 6.23 Å². The average Bonchev–Trinajstić information content (AvgIpc) is 3.02. The van der Waals surface area contributed by atoms with Crippen molar-refractivity contribution < 1.29 is 4.74 Å². The minimum atomic E-state index is 0.0277. The van der Waals surface area contributed by atoms with Crippen LogP contribution in [0.3, 0.4) is 0 Å². The van der Waals surface area contributed by atoms with Gasteiger partial charge in [0, 0.05) is 22.9 Å². The molecule has 0 radical (unpaired) electrons. The van der Waals surface area contributed by atoms with Gasteiger partial charge in [0.05, 0.1) is 11.8 Å². The van der Waals surface area contributed by atoms with E-state index in [9.17, 15) is 0 Å². The Morgan fingerprint density at radius 3 is 2.83 bits per heavy atom. The number of fused-ring (bicyclic) bond motifs is 3. The monoisotopic (exact) mass is 370 g/mol. The number of ether oxygens (including phenoxy) is 1. The Labute approximate surface area is 145 Å². The summed E-state index contributed by atoms with van der Waals surface area (Å²) in [5.41, 5.74) is 3.57. The lowest BCUT2D eigenvalue weighted by molar-refractivity contribution is -0.0223. The molecule has 2 atom stereocenters. The molecule has 2 aromatic carbocycles. The molecule has 4 rings (SSSR count). The smallest absolute Gasteiger partial charge is 0.187 e. The summed E-state index contributed by atoms with van der Waals surface area (Å²) < 4.78 is 7.31. The third-order valence-electron chi connectivity index (χ3n) is 4.47. The van der Waals surface area contributed by atoms with Gasteiger partial charge >= 0.3 is 0 Å². The first kappa shape index (κ1) is 14.8. The zero-order valence-corrected chi connectivity index (χ0v) is 14.7. The molecule has 118 valence electrons. The maximum Gasteiger partial charge on any atom is 0.187 e. The molecule has 23 heavy (non-hydrogen) atoms. The first-order valence-corrected chi connectivity index (χ1v) is 8.93. The third-order valence-corrected chi connectivity index (χ3v) is 4.97. The topological polar surface area (TPSA) is 24.8 Å². The van der Waals surface area contributed by atoms with Crippen molar-refractivity contribution in [2.24, 2.45) is 5.10 Å². The maximum atomic E-state index is 6.22. The molecule has 2 aromatic rings. The van der Waals surface area contributed by atoms with Crippen molar-refractivity contribution in [2.75, 3.05) is 0 Å². The molecule has 0 saturated heterocycles. The Bertz CT molecular complexity index is 744. The highest BCUT2D eigenvalue weighted by Gasteiger charge is 2.39. The summed E-state index contributed by atoms with van der Waals surface area (Å²) in [5, 5.41) is 7.09. The highest BCUT2D eigenvalue weighted by Crippen LogP contribution is 2.44. The van der Waals surface area contributed by atoms with Crippen LogP contribution < -0.4 is 4.74 Å². The second-order valence-corrected chi connectivity index (χ2v) is 6.97. The number of hydrogen-bond donors (Lipinski definition) is 0. The van der Waals surface area contributed by atoms with Crippen LogP contribution in [-0.4, -0.2) is 16.9 Å². The number of hydrogen-bond acceptors (Lipinski definition) is 3. The van der Waals surface area contributed by atoms with E-state index in [0.717, 1.165) is 35.2 Å². The normalized spacial score (nSPS) is 22.2. The van der Waals surface area contributed by atoms with Crippen molar-refractivity contribution in [3.8, 4) is 5.75 Å². The van der Waals surface area contributed by atoms with E-state index in [1.54, 1.807) is 0 Å². The lowest BCUT2D eigenvalue weighted by Crippen LogP contribution is -2.40. The molecule has 2 unspecified atom stereocenters. The predicted molar refractivity (Wildman–Crippen MR) is 95.6 cm³/mol. The van der Waals surface area contributed by atoms with Crippen LogP contribution in [-0.2, 0) is 0 Å². The van der Waals surface area contributed by atoms with Gasteiger partial charge in [0.2, 0.25) is 0 Å². The molecule has 0 fully saturated rings. The van der Waals surface area contributed by atoms with Crippen LogP contribution in [0.2, 0.25) is 0 Å². The first-order chi connectivity index (χ1) is 11.3. The molecule has 0 aliphatic carbocycles. The van der Waals surface area contributed by atoms with Gasteiger partial charge in [0.25, 0.3) is 0 Å². The number of benzene rings is 2. The lowest BCUT2D eigenvalue weighted by atomic mass is 9.96. The summed E-state index contributed by atoms with van der Waals surface area (Å²) in [6.07, 6.45) is 3.02. The standard InChI is InChI=1S/C19H19BrN2O/c1-2-6-19-22-17(15-11-14(20)9-10-18(15)23-19)12-16(21-22)13-7-4-3-5-8-13/h3-5,7-11,17,19H,2,6,12H2,1H3. The van der Waals surface area contributed by atoms with E-state index < -0.39 is 0 Å². The van der Waals surface area contributed by atoms with Crippen LogP contribution in [0.5, 0.6) is 5.75 Å². The van der Waals surface area contributed by atoms with Gasteiger partial charge in [-0.25, -0.2) is 0 Å². The van der Waals surface area contributed by atoms with E-state index in [4.69, 9.17) is 9.84 Å². The van der Waals surface area contributed by atoms with Crippen molar-refractivity contribution in [1.29, 1.82) is 0 Å². The Morgan fingerprint density at radius 1 is 1.22 bits per heavy atom. The SMILES string of the molecule is CCCC1Oc2ccc(Br)cc2C2CC(c3ccccc3)=NN12. The molecule has 0 amide bonds. The molecule has 2 heterocycles. The minimum Gasteiger partial charge on any atom is -0.469 e. The summed E-state index contributed by atoms with van der Waals surface area (Å²) in [4.78, 5) is 0. The fourth-order valence-electron chi connectivity index (χ4n) is 3.38. The van der Waals surface area contributed by atoms with Crippen LogP contribution >= 0.6 is 15.9 Å². The minimum absolute atomic E-state index is 0.0277. The maximum absolute atomic E-state index is 6.22. The molecule has 0 aromatic heterocycles. The molecule has 4 heteroatoms. The van der Waals surface area contributed by atoms with Gasteiger partial charge < -0.3 is 4.74 Å². The van der Waals surface area contributed by atoms with Crippen LogP contribution in [0.1, 0.15) is 43.4 Å². The molecule has 3 nitrogen and oxygen atoms in total. The zero-order chi connectivity index (χ0) is 15.8. The molecule has 0 N–H and O–H groups in total. The van der Waals surface area contributed by atoms with Gasteiger partial charge in [-0.15, -0.1) is 0 Å². The quantitative estimate of drug-likeness (QED) is 0.748. The number of hydrazone groups is 1. The Kier molecular flexibility index (Phi) is 3.85. The number of nitrogens with zero attached hydrogens (tertiary/aromatic N) is 2. The van der Waals surface area contributed by atoms with E-state index >= 15 is 0 Å². The van der Waals surface area contributed by atoms with Crippen molar-refractivity contribution in [3.63, 3.8) is 0 Å². The fraction of sp³-hybridized carbons (Fsp3) is 0.316. The highest BCUT2D eigenvalue weighted by molar-refractivity contribution is 9.10. The van der Waals surface area contributed by atoms with Crippen LogP contribution in [0.4, 0.5) is 0 Å². The van der Waals surface area contributed by atoms with Crippen LogP contribution in [0.15, 0.2) is 58.1 Å². The summed E-state index contributed by atoms with van der Waals surface area (Å²) in [6, 6.07) is 17.0. The van der Waals surface area contributed by atoms with Gasteiger partial charge in [-0.05, 0) is 23.8 Å². The van der Waals surface area contributed by atoms with E-state index in [-0.39, 0.29) is 12.3 Å². The lowest BCUT2D eigenvalue weighted by Gasteiger charge is -2.38. The van der Waals surface area contributed by atoms with Crippen molar-refractivity contribution in [3.05, 3.63) is 64.1 Å². The summed E-state index contributed by atoms with van der Waals surface area (Å²) in [6.45, 7) is 2.19. The Hall–Kier alpha value is -1.81. The Morgan fingerprint density at radius 2 is 2.04 bits per heavy atom. The van der Waals surface area contributed by atoms with Crippen LogP contribution in [0, 0.1) is 0 Å². The Balaban J connectivity index is 1.74. The van der Waals surface area contributed by atoms with Gasteiger partial charge in [0.1, 0.15) is 5.75 Å². The van der Waals surface area contributed by atoms with Gasteiger partial charge in [-0.2, -0.15) is 5.10 Å². The number of rotatable bonds is 3. The first-order valence-electron chi connectivity index (χ1n) is 8.13. The largest absolute Gasteiger partial charge is 0.469 e. The number of halogens is 1. The van der Waals surface area contributed by atoms with E-state index in [0.29, 0.717) is 0 Å². The fourth-order valence-corrected chi connectivity index (χ4v) is 3.75. The van der Waals surface area contributed by atoms with E-state index in [1.807, 2.05) is 12.1 Å². The second-order valence-electron chi connectivity index (χ2n) is 6.06. The van der Waals surface area contributed by atoms with Gasteiger partial charge in [-0.3, -0.25) is 5.01 Å². The molecule has 2 aliphatic heterocycles. The van der Waals surface area contributed by atoms with E-state index in [1.165, 1.54) is 11.1 Å². The molecule has 0 saturated carbocycles. The molecular weight excluding hydrogens is 352 g/mol. The van der Waals surface area contributed by atoms with Crippen molar-refractivity contribution >= 4 is 21.6 Å². The zero-order valence-electron chi connectivity index (χ0n) is 13.1. The predicted octanol–water partition coefficient (Wildman–Crippen LogP) is 5.12. The average molecular weight is 371 g/mol. The van der Waals surface area contributed by atoms with Crippen molar-refractivity contribution in [2.45, 2.75) is 38.5 Å². The third kappa shape index (κ3) is 2.65. The highest BCUT2D eigenvalue weighted by atomic mass is 79.9. The molecule has 0 spiro atoms. The van der Waals surface area contributed by atoms with E-state index in [2.05, 4.69) is 64.3 Å². The second kappa shape index (κ2) is 6.00. The summed E-state index contributed by atoms with van der Waals surface area (Å²) >= 11 is 3.58. The molecular formula is C19H19BrN2O. The van der Waals surface area contributed by atoms with Crippen LogP contribution in [0.25, 0.3) is 0 Å². The van der Waals surface area contributed by atoms with Crippen molar-refractivity contribution in [1.82, 2.24) is 5.01 Å². The van der Waals surface area contributed by atoms with Gasteiger partial charge in [-0.1, -0.05) is 59.6 Å². The molecule has 2 aliphatic rings.